The van der Waals surface area contributed by atoms with Crippen molar-refractivity contribution in [3.8, 4) is 5.75 Å². The van der Waals surface area contributed by atoms with Gasteiger partial charge in [0.2, 0.25) is 11.8 Å². The molecule has 2 N–H and O–H groups in total. The van der Waals surface area contributed by atoms with Gasteiger partial charge in [0, 0.05) is 17.4 Å². The Morgan fingerprint density at radius 2 is 1.84 bits per heavy atom. The van der Waals surface area contributed by atoms with E-state index in [4.69, 9.17) is 27.9 Å². The molecular weight excluding hydrogens is 363 g/mol. The van der Waals surface area contributed by atoms with Gasteiger partial charge in [-0.1, -0.05) is 36.0 Å². The van der Waals surface area contributed by atoms with Gasteiger partial charge in [-0.15, -0.1) is 0 Å². The summed E-state index contributed by atoms with van der Waals surface area (Å²) < 4.78 is 5.52. The van der Waals surface area contributed by atoms with Gasteiger partial charge in [0.05, 0.1) is 11.6 Å². The number of carbonyl (C=O) groups excluding carboxylic acids is 2. The fourth-order valence-electron chi connectivity index (χ4n) is 3.67. The second-order valence-corrected chi connectivity index (χ2v) is 7.55. The molecule has 2 unspecified atom stereocenters. The van der Waals surface area contributed by atoms with Crippen LogP contribution in [0.1, 0.15) is 38.5 Å². The number of fused-ring (bicyclic) bond motifs is 1. The third-order valence-electron chi connectivity index (χ3n) is 4.98. The van der Waals surface area contributed by atoms with E-state index in [0.29, 0.717) is 40.7 Å². The maximum absolute atomic E-state index is 12.1. The van der Waals surface area contributed by atoms with Crippen molar-refractivity contribution in [2.45, 2.75) is 38.5 Å². The molecule has 2 aliphatic rings. The van der Waals surface area contributed by atoms with Crippen LogP contribution in [0.15, 0.2) is 18.2 Å². The smallest absolute Gasteiger partial charge is 0.242 e. The van der Waals surface area contributed by atoms with E-state index < -0.39 is 0 Å². The fourth-order valence-corrected chi connectivity index (χ4v) is 4.13. The molecule has 3 rings (SSSR count). The van der Waals surface area contributed by atoms with Crippen molar-refractivity contribution in [1.82, 2.24) is 10.9 Å². The van der Waals surface area contributed by atoms with Gasteiger partial charge in [-0.25, -0.2) is 0 Å². The molecule has 7 heteroatoms. The van der Waals surface area contributed by atoms with Crippen LogP contribution in [0.2, 0.25) is 10.0 Å². The van der Waals surface area contributed by atoms with Gasteiger partial charge in [0.15, 0.2) is 0 Å². The maximum Gasteiger partial charge on any atom is 0.242 e. The Bertz CT molecular complexity index is 641. The predicted octanol–water partition coefficient (Wildman–Crippen LogP) is 3.74. The zero-order valence-electron chi connectivity index (χ0n) is 13.9. The Kier molecular flexibility index (Phi) is 6.07. The van der Waals surface area contributed by atoms with Crippen molar-refractivity contribution in [3.05, 3.63) is 28.2 Å². The summed E-state index contributed by atoms with van der Waals surface area (Å²) in [5.74, 6) is 1.43. The standard InChI is InChI=1S/C18H22Cl2N2O3/c19-11-7-8-15(14(20)10-11)25-9-3-6-16(23)21-22-18(24)17-12-4-1-2-5-13(12)17/h7-8,10,12-13,17H,1-6,9H2,(H,21,23)(H,22,24). The van der Waals surface area contributed by atoms with Crippen molar-refractivity contribution in [2.75, 3.05) is 6.61 Å². The highest BCUT2D eigenvalue weighted by Crippen LogP contribution is 2.55. The van der Waals surface area contributed by atoms with Crippen molar-refractivity contribution < 1.29 is 14.3 Å². The molecular formula is C18H22Cl2N2O3. The molecule has 2 atom stereocenters. The van der Waals surface area contributed by atoms with E-state index in [1.165, 1.54) is 12.8 Å². The number of rotatable bonds is 6. The maximum atomic E-state index is 12.1. The largest absolute Gasteiger partial charge is 0.492 e. The van der Waals surface area contributed by atoms with E-state index in [9.17, 15) is 9.59 Å². The van der Waals surface area contributed by atoms with E-state index in [2.05, 4.69) is 10.9 Å². The molecule has 2 amide bonds. The van der Waals surface area contributed by atoms with E-state index in [1.807, 2.05) is 0 Å². The number of benzene rings is 1. The molecule has 1 aromatic rings. The molecule has 0 radical (unpaired) electrons. The number of ether oxygens (including phenoxy) is 1. The van der Waals surface area contributed by atoms with Crippen LogP contribution in [-0.2, 0) is 9.59 Å². The minimum atomic E-state index is -0.220. The Labute approximate surface area is 157 Å². The van der Waals surface area contributed by atoms with Crippen LogP contribution in [0.25, 0.3) is 0 Å². The first kappa shape index (κ1) is 18.3. The van der Waals surface area contributed by atoms with Crippen LogP contribution in [0.3, 0.4) is 0 Å². The van der Waals surface area contributed by atoms with Gasteiger partial charge < -0.3 is 4.74 Å². The summed E-state index contributed by atoms with van der Waals surface area (Å²) >= 11 is 11.8. The number of amides is 2. The lowest BCUT2D eigenvalue weighted by atomic mass is 10.0. The molecule has 0 spiro atoms. The van der Waals surface area contributed by atoms with Gasteiger partial charge in [-0.3, -0.25) is 20.4 Å². The highest BCUT2D eigenvalue weighted by atomic mass is 35.5. The Hall–Kier alpha value is -1.46. The summed E-state index contributed by atoms with van der Waals surface area (Å²) in [7, 11) is 0. The van der Waals surface area contributed by atoms with Crippen LogP contribution in [0, 0.1) is 17.8 Å². The first-order valence-corrected chi connectivity index (χ1v) is 9.48. The van der Waals surface area contributed by atoms with Crippen molar-refractivity contribution in [3.63, 3.8) is 0 Å². The average Bonchev–Trinajstić information content (AvgIpc) is 3.32. The van der Waals surface area contributed by atoms with Crippen molar-refractivity contribution in [2.24, 2.45) is 17.8 Å². The second-order valence-electron chi connectivity index (χ2n) is 6.70. The fraction of sp³-hybridized carbons (Fsp3) is 0.556. The normalized spacial score (nSPS) is 24.2. The predicted molar refractivity (Wildman–Crippen MR) is 96.4 cm³/mol. The molecule has 136 valence electrons. The molecule has 0 heterocycles. The zero-order valence-corrected chi connectivity index (χ0v) is 15.4. The zero-order chi connectivity index (χ0) is 17.8. The van der Waals surface area contributed by atoms with Crippen molar-refractivity contribution >= 4 is 35.0 Å². The number of hydrazine groups is 1. The molecule has 1 aromatic carbocycles. The number of halogens is 2. The minimum absolute atomic E-state index is 0.0468. The lowest BCUT2D eigenvalue weighted by Gasteiger charge is -2.09. The Morgan fingerprint density at radius 3 is 2.52 bits per heavy atom. The van der Waals surface area contributed by atoms with Crippen LogP contribution < -0.4 is 15.6 Å². The molecule has 2 aliphatic carbocycles. The minimum Gasteiger partial charge on any atom is -0.492 e. The molecule has 25 heavy (non-hydrogen) atoms. The first-order chi connectivity index (χ1) is 12.1. The first-order valence-electron chi connectivity index (χ1n) is 8.73. The van der Waals surface area contributed by atoms with Crippen LogP contribution >= 0.6 is 23.2 Å². The second kappa shape index (κ2) is 8.28. The third-order valence-corrected chi connectivity index (χ3v) is 5.51. The number of hydrogen-bond donors (Lipinski definition) is 2. The Morgan fingerprint density at radius 1 is 1.12 bits per heavy atom. The number of carbonyl (C=O) groups is 2. The number of hydrogen-bond acceptors (Lipinski definition) is 3. The highest BCUT2D eigenvalue weighted by molar-refractivity contribution is 6.35. The van der Waals surface area contributed by atoms with Gasteiger partial charge in [0.25, 0.3) is 0 Å². The van der Waals surface area contributed by atoms with Crippen LogP contribution in [0.4, 0.5) is 0 Å². The topological polar surface area (TPSA) is 67.4 Å². The summed E-state index contributed by atoms with van der Waals surface area (Å²) in [4.78, 5) is 23.9. The van der Waals surface area contributed by atoms with Gasteiger partial charge in [-0.2, -0.15) is 0 Å². The SMILES string of the molecule is O=C(CCCOc1ccc(Cl)cc1Cl)NNC(=O)C1C2CCCCC21. The summed E-state index contributed by atoms with van der Waals surface area (Å²) in [6.07, 6.45) is 5.50. The third kappa shape index (κ3) is 4.79. The summed E-state index contributed by atoms with van der Waals surface area (Å²) in [6.45, 7) is 0.357. The highest BCUT2D eigenvalue weighted by Gasteiger charge is 2.54. The van der Waals surface area contributed by atoms with Crippen molar-refractivity contribution in [1.29, 1.82) is 0 Å². The molecule has 2 fully saturated rings. The summed E-state index contributed by atoms with van der Waals surface area (Å²) in [5, 5.41) is 0.984. The Balaban J connectivity index is 1.30. The molecule has 0 saturated heterocycles. The molecule has 0 bridgehead atoms. The lowest BCUT2D eigenvalue weighted by molar-refractivity contribution is -0.130. The van der Waals surface area contributed by atoms with E-state index >= 15 is 0 Å². The molecule has 5 nitrogen and oxygen atoms in total. The quantitative estimate of drug-likeness (QED) is 0.579. The van der Waals surface area contributed by atoms with E-state index in [0.717, 1.165) is 12.8 Å². The van der Waals surface area contributed by atoms with Crippen LogP contribution in [-0.4, -0.2) is 18.4 Å². The molecule has 2 saturated carbocycles. The van der Waals surface area contributed by atoms with Gasteiger partial charge in [0.1, 0.15) is 5.75 Å². The van der Waals surface area contributed by atoms with E-state index in [1.54, 1.807) is 18.2 Å². The lowest BCUT2D eigenvalue weighted by Crippen LogP contribution is -2.42. The molecule has 0 aromatic heterocycles. The monoisotopic (exact) mass is 384 g/mol. The van der Waals surface area contributed by atoms with E-state index in [-0.39, 0.29) is 24.2 Å². The number of nitrogens with one attached hydrogen (secondary N) is 2. The van der Waals surface area contributed by atoms with Gasteiger partial charge in [-0.05, 0) is 49.3 Å². The van der Waals surface area contributed by atoms with Gasteiger partial charge >= 0.3 is 0 Å². The summed E-state index contributed by atoms with van der Waals surface area (Å²) in [6, 6.07) is 5.00. The summed E-state index contributed by atoms with van der Waals surface area (Å²) in [5.41, 5.74) is 5.05. The molecule has 0 aliphatic heterocycles. The van der Waals surface area contributed by atoms with Crippen LogP contribution in [0.5, 0.6) is 5.75 Å². The average molecular weight is 385 g/mol.